The van der Waals surface area contributed by atoms with Crippen molar-refractivity contribution in [1.29, 1.82) is 0 Å². The fraction of sp³-hybridized carbons (Fsp3) is 0. The van der Waals surface area contributed by atoms with Crippen LogP contribution in [0, 0.1) is 0 Å². The first-order valence-electron chi connectivity index (χ1n) is 2.50. The van der Waals surface area contributed by atoms with Crippen LogP contribution in [0.25, 0.3) is 0 Å². The molecule has 0 bridgehead atoms. The fourth-order valence-corrected chi connectivity index (χ4v) is 0.428. The number of phenols is 1. The van der Waals surface area contributed by atoms with Gasteiger partial charge in [-0.15, -0.1) is 0 Å². The third-order valence-corrected chi connectivity index (χ3v) is 0.756. The Morgan fingerprint density at radius 2 is 1.50 bits per heavy atom. The normalized spacial score (nSPS) is 6.80. The van der Waals surface area contributed by atoms with E-state index in [2.05, 4.69) is 0 Å². The summed E-state index contributed by atoms with van der Waals surface area (Å²) in [5.74, 6) is 0.322. The minimum atomic E-state index is -1.81. The van der Waals surface area contributed by atoms with Crippen LogP contribution in [0.5, 0.6) is 5.75 Å². The molecule has 0 saturated heterocycles. The molecule has 0 heterocycles. The Balaban J connectivity index is 0.000000236. The molecule has 0 aliphatic rings. The van der Waals surface area contributed by atoms with Crippen molar-refractivity contribution in [2.45, 2.75) is 0 Å². The van der Waals surface area contributed by atoms with Crippen molar-refractivity contribution in [3.63, 3.8) is 0 Å². The molecule has 53 valence electrons. The monoisotopic (exact) mass is 177 g/mol. The van der Waals surface area contributed by atoms with Crippen LogP contribution in [0.15, 0.2) is 30.3 Å². The molecule has 0 fully saturated rings. The molecule has 4 heteroatoms. The number of benzene rings is 1. The van der Waals surface area contributed by atoms with Gasteiger partial charge in [-0.1, -0.05) is 18.2 Å². The van der Waals surface area contributed by atoms with E-state index in [0.717, 1.165) is 0 Å². The molecule has 3 nitrogen and oxygen atoms in total. The minimum absolute atomic E-state index is 0.322. The average Bonchev–Trinajstić information content (AvgIpc) is 1.91. The van der Waals surface area contributed by atoms with E-state index < -0.39 is 16.2 Å². The fourth-order valence-electron chi connectivity index (χ4n) is 0.428. The average molecular weight is 177 g/mol. The molecule has 0 aliphatic carbocycles. The summed E-state index contributed by atoms with van der Waals surface area (Å²) in [4.78, 5) is 0. The zero-order valence-corrected chi connectivity index (χ0v) is 6.49. The zero-order chi connectivity index (χ0) is 7.82. The van der Waals surface area contributed by atoms with Crippen molar-refractivity contribution >= 4 is 0 Å². The topological polar surface area (TPSA) is 54.4 Å². The van der Waals surface area contributed by atoms with E-state index in [1.165, 1.54) is 0 Å². The molecule has 0 saturated carbocycles. The van der Waals surface area contributed by atoms with E-state index in [4.69, 9.17) is 12.5 Å². The zero-order valence-electron chi connectivity index (χ0n) is 5.10. The Morgan fingerprint density at radius 1 is 1.10 bits per heavy atom. The van der Waals surface area contributed by atoms with Crippen LogP contribution in [-0.4, -0.2) is 5.11 Å². The predicted octanol–water partition coefficient (Wildman–Crippen LogP) is 1.15. The number of aromatic hydroxyl groups is 1. The first-order chi connectivity index (χ1) is 4.81. The molecule has 0 unspecified atom stereocenters. The Labute approximate surface area is 65.2 Å². The molecule has 1 aromatic carbocycles. The van der Waals surface area contributed by atoms with Crippen molar-refractivity contribution in [1.82, 2.24) is 0 Å². The summed E-state index contributed by atoms with van der Waals surface area (Å²) in [7, 11) is 0. The maximum absolute atomic E-state index is 8.63. The van der Waals surface area contributed by atoms with Gasteiger partial charge in [0.25, 0.3) is 0 Å². The first kappa shape index (κ1) is 9.20. The molecule has 1 aromatic rings. The van der Waals surface area contributed by atoms with E-state index in [-0.39, 0.29) is 0 Å². The third-order valence-electron chi connectivity index (χ3n) is 0.756. The van der Waals surface area contributed by atoms with Crippen LogP contribution < -0.4 is 0 Å². The molecule has 0 spiro atoms. The van der Waals surface area contributed by atoms with Crippen molar-refractivity contribution < 1.29 is 28.6 Å². The van der Waals surface area contributed by atoms with E-state index in [1.807, 2.05) is 6.07 Å². The van der Waals surface area contributed by atoms with Crippen LogP contribution in [0.1, 0.15) is 0 Å². The molecule has 0 atom stereocenters. The van der Waals surface area contributed by atoms with Crippen LogP contribution in [0.2, 0.25) is 0 Å². The first-order valence-corrected chi connectivity index (χ1v) is 3.64. The molecule has 0 aromatic heterocycles. The van der Waals surface area contributed by atoms with Crippen LogP contribution >= 0.6 is 0 Å². The van der Waals surface area contributed by atoms with Crippen LogP contribution in [0.3, 0.4) is 0 Å². The molecule has 10 heavy (non-hydrogen) atoms. The quantitative estimate of drug-likeness (QED) is 0.646. The van der Waals surface area contributed by atoms with Gasteiger partial charge in [0, 0.05) is 0 Å². The standard InChI is InChI=1S/C6H6O.2O.V/c7-6-4-2-1-3-5-6;;;/h1-5,7H;;;. The molecule has 1 N–H and O–H groups in total. The Bertz CT molecular complexity index is 203. The van der Waals surface area contributed by atoms with E-state index in [9.17, 15) is 0 Å². The number of hydrogen-bond donors (Lipinski definition) is 1. The number of rotatable bonds is 0. The Morgan fingerprint density at radius 3 is 1.70 bits per heavy atom. The SMILES string of the molecule is Oc1ccccc1.[O]=[V]=[O]. The summed E-state index contributed by atoms with van der Waals surface area (Å²) in [5, 5.41) is 8.63. The van der Waals surface area contributed by atoms with Crippen molar-refractivity contribution in [2.24, 2.45) is 0 Å². The van der Waals surface area contributed by atoms with Crippen molar-refractivity contribution in [3.05, 3.63) is 30.3 Å². The summed E-state index contributed by atoms with van der Waals surface area (Å²) >= 11 is -1.81. The summed E-state index contributed by atoms with van der Waals surface area (Å²) < 4.78 is 16.9. The predicted molar refractivity (Wildman–Crippen MR) is 29.5 cm³/mol. The van der Waals surface area contributed by atoms with E-state index >= 15 is 0 Å². The number of hydrogen-bond acceptors (Lipinski definition) is 3. The number of phenolic OH excluding ortho intramolecular Hbond substituents is 1. The van der Waals surface area contributed by atoms with E-state index in [1.54, 1.807) is 24.3 Å². The van der Waals surface area contributed by atoms with Crippen molar-refractivity contribution in [3.8, 4) is 5.75 Å². The number of para-hydroxylation sites is 1. The summed E-state index contributed by atoms with van der Waals surface area (Å²) in [6.07, 6.45) is 0. The summed E-state index contributed by atoms with van der Waals surface area (Å²) in [6, 6.07) is 8.71. The van der Waals surface area contributed by atoms with Gasteiger partial charge in [-0.2, -0.15) is 0 Å². The summed E-state index contributed by atoms with van der Waals surface area (Å²) in [5.41, 5.74) is 0. The van der Waals surface area contributed by atoms with Gasteiger partial charge in [0.1, 0.15) is 5.75 Å². The molecular weight excluding hydrogens is 171 g/mol. The van der Waals surface area contributed by atoms with Gasteiger partial charge in [-0.05, 0) is 12.1 Å². The van der Waals surface area contributed by atoms with Gasteiger partial charge >= 0.3 is 23.5 Å². The van der Waals surface area contributed by atoms with Crippen LogP contribution in [0.4, 0.5) is 0 Å². The second-order valence-electron chi connectivity index (χ2n) is 1.41. The summed E-state index contributed by atoms with van der Waals surface area (Å²) in [6.45, 7) is 0. The van der Waals surface area contributed by atoms with Gasteiger partial charge in [-0.3, -0.25) is 0 Å². The molecule has 0 aliphatic heterocycles. The van der Waals surface area contributed by atoms with Gasteiger partial charge in [0.05, 0.1) is 0 Å². The van der Waals surface area contributed by atoms with Gasteiger partial charge in [0.15, 0.2) is 0 Å². The second kappa shape index (κ2) is 6.33. The molecule has 1 rings (SSSR count). The second-order valence-corrected chi connectivity index (χ2v) is 1.64. The molecule has 0 amide bonds. The Hall–Kier alpha value is -0.796. The van der Waals surface area contributed by atoms with Crippen molar-refractivity contribution in [2.75, 3.05) is 0 Å². The van der Waals surface area contributed by atoms with Gasteiger partial charge < -0.3 is 5.11 Å². The Kier molecular flexibility index (Phi) is 5.82. The third kappa shape index (κ3) is 5.34. The maximum atomic E-state index is 8.63. The van der Waals surface area contributed by atoms with Gasteiger partial charge in [-0.25, -0.2) is 0 Å². The molecule has 0 radical (unpaired) electrons. The van der Waals surface area contributed by atoms with Gasteiger partial charge in [0.2, 0.25) is 0 Å². The van der Waals surface area contributed by atoms with E-state index in [0.29, 0.717) is 5.75 Å². The molecular formula is C6H6O3V. The van der Waals surface area contributed by atoms with Crippen LogP contribution in [-0.2, 0) is 23.5 Å².